The number of nitrogens with zero attached hydrogens (tertiary/aromatic N) is 3. The summed E-state index contributed by atoms with van der Waals surface area (Å²) < 4.78 is 12.5. The van der Waals surface area contributed by atoms with Crippen LogP contribution in [0.15, 0.2) is 0 Å². The number of carbonyl (C=O) groups is 3. The second-order valence-corrected chi connectivity index (χ2v) is 14.6. The van der Waals surface area contributed by atoms with E-state index in [-0.39, 0.29) is 48.1 Å². The Kier molecular flexibility index (Phi) is 12.3. The van der Waals surface area contributed by atoms with Crippen molar-refractivity contribution in [1.82, 2.24) is 20.0 Å². The van der Waals surface area contributed by atoms with Crippen molar-refractivity contribution in [2.24, 2.45) is 23.7 Å². The Morgan fingerprint density at radius 3 is 2.30 bits per heavy atom. The van der Waals surface area contributed by atoms with Crippen LogP contribution in [-0.4, -0.2) is 136 Å². The topological polar surface area (TPSA) is 152 Å². The summed E-state index contributed by atoms with van der Waals surface area (Å²) in [6, 6.07) is -1.77. The van der Waals surface area contributed by atoms with Crippen molar-refractivity contribution in [2.75, 3.05) is 34.2 Å². The molecule has 0 aliphatic carbocycles. The van der Waals surface area contributed by atoms with Crippen LogP contribution in [-0.2, 0) is 23.9 Å². The number of likely N-dealkylation sites (N-methyl/N-ethyl adjacent to an activating group) is 2. The zero-order valence-corrected chi connectivity index (χ0v) is 28.4. The monoisotopic (exact) mass is 626 g/mol. The van der Waals surface area contributed by atoms with Crippen molar-refractivity contribution in [3.8, 4) is 0 Å². The number of fused-ring (bicyclic) bond motifs is 1. The SMILES string of the molecule is CC(C)C1NC(=O)[C@H]2CCCN2C(=O)[C@H](C)[C@@H](O)[C@H](C)[C@@H](O[C@@H]2O[C@H](C)C[C@H](N(C)C)[C@H]2O)[C@](C)(O)C[C@@H](C)CN(C)C1=O. The number of hydrogen-bond acceptors (Lipinski definition) is 9. The van der Waals surface area contributed by atoms with Gasteiger partial charge in [-0.3, -0.25) is 14.4 Å². The second kappa shape index (κ2) is 14.7. The predicted molar refractivity (Wildman–Crippen MR) is 165 cm³/mol. The molecule has 3 aliphatic rings. The van der Waals surface area contributed by atoms with E-state index in [9.17, 15) is 29.7 Å². The van der Waals surface area contributed by atoms with Crippen LogP contribution in [0.4, 0.5) is 0 Å². The first-order chi connectivity index (χ1) is 20.4. The lowest BCUT2D eigenvalue weighted by Crippen LogP contribution is -2.60. The van der Waals surface area contributed by atoms with Crippen LogP contribution in [0, 0.1) is 23.7 Å². The number of carbonyl (C=O) groups excluding carboxylic acids is 3. The Balaban J connectivity index is 2.02. The minimum atomic E-state index is -1.54. The first-order valence-corrected chi connectivity index (χ1v) is 16.3. The summed E-state index contributed by atoms with van der Waals surface area (Å²) in [5.74, 6) is -3.06. The van der Waals surface area contributed by atoms with Gasteiger partial charge in [-0.1, -0.05) is 34.6 Å². The van der Waals surface area contributed by atoms with Crippen molar-refractivity contribution in [1.29, 1.82) is 0 Å². The molecule has 12 nitrogen and oxygen atoms in total. The summed E-state index contributed by atoms with van der Waals surface area (Å²) in [5.41, 5.74) is -1.54. The summed E-state index contributed by atoms with van der Waals surface area (Å²) in [6.07, 6.45) is -2.72. The molecule has 3 amide bonds. The lowest BCUT2D eigenvalue weighted by atomic mass is 9.77. The minimum Gasteiger partial charge on any atom is -0.392 e. The highest BCUT2D eigenvalue weighted by Crippen LogP contribution is 2.36. The third-order valence-electron chi connectivity index (χ3n) is 9.88. The molecule has 4 N–H and O–H groups in total. The van der Waals surface area contributed by atoms with Crippen LogP contribution >= 0.6 is 0 Å². The normalized spacial score (nSPS) is 42.2. The van der Waals surface area contributed by atoms with Gasteiger partial charge in [0.1, 0.15) is 18.2 Å². The fourth-order valence-electron chi connectivity index (χ4n) is 7.43. The summed E-state index contributed by atoms with van der Waals surface area (Å²) in [7, 11) is 5.43. The Morgan fingerprint density at radius 1 is 1.07 bits per heavy atom. The van der Waals surface area contributed by atoms with E-state index in [0.29, 0.717) is 32.4 Å². The smallest absolute Gasteiger partial charge is 0.245 e. The molecule has 0 aromatic heterocycles. The number of rotatable bonds is 4. The molecule has 3 aliphatic heterocycles. The van der Waals surface area contributed by atoms with E-state index in [0.717, 1.165) is 0 Å². The van der Waals surface area contributed by atoms with E-state index in [1.54, 1.807) is 32.7 Å². The van der Waals surface area contributed by atoms with Gasteiger partial charge < -0.3 is 44.8 Å². The fraction of sp³-hybridized carbons (Fsp3) is 0.906. The van der Waals surface area contributed by atoms with Crippen molar-refractivity contribution in [3.05, 3.63) is 0 Å². The van der Waals surface area contributed by atoms with Crippen molar-refractivity contribution in [2.45, 2.75) is 129 Å². The maximum absolute atomic E-state index is 13.8. The molecule has 0 spiro atoms. The first kappa shape index (κ1) is 36.6. The number of ether oxygens (including phenoxy) is 2. The molecule has 12 heteroatoms. The van der Waals surface area contributed by atoms with Crippen LogP contribution < -0.4 is 5.32 Å². The Morgan fingerprint density at radius 2 is 1.70 bits per heavy atom. The summed E-state index contributed by atoms with van der Waals surface area (Å²) in [5, 5.41) is 37.9. The molecule has 0 aromatic carbocycles. The average Bonchev–Trinajstić information content (AvgIpc) is 3.43. The van der Waals surface area contributed by atoms with Crippen LogP contribution in [0.3, 0.4) is 0 Å². The Hall–Kier alpha value is -1.83. The third kappa shape index (κ3) is 8.11. The first-order valence-electron chi connectivity index (χ1n) is 16.3. The van der Waals surface area contributed by atoms with E-state index in [2.05, 4.69) is 5.32 Å². The highest BCUT2D eigenvalue weighted by molar-refractivity contribution is 5.93. The van der Waals surface area contributed by atoms with Gasteiger partial charge in [0.25, 0.3) is 0 Å². The van der Waals surface area contributed by atoms with Gasteiger partial charge in [-0.2, -0.15) is 0 Å². The average molecular weight is 627 g/mol. The molecular formula is C32H58N4O8. The maximum atomic E-state index is 13.8. The van der Waals surface area contributed by atoms with Crippen molar-refractivity contribution in [3.63, 3.8) is 0 Å². The van der Waals surface area contributed by atoms with Crippen molar-refractivity contribution < 1.29 is 39.2 Å². The summed E-state index contributed by atoms with van der Waals surface area (Å²) in [4.78, 5) is 45.9. The van der Waals surface area contributed by atoms with Gasteiger partial charge in [-0.15, -0.1) is 0 Å². The molecule has 44 heavy (non-hydrogen) atoms. The van der Waals surface area contributed by atoms with Crippen LogP contribution in [0.1, 0.15) is 74.1 Å². The summed E-state index contributed by atoms with van der Waals surface area (Å²) in [6.45, 7) is 13.2. The summed E-state index contributed by atoms with van der Waals surface area (Å²) >= 11 is 0. The van der Waals surface area contributed by atoms with E-state index >= 15 is 0 Å². The molecule has 1 unspecified atom stereocenters. The molecular weight excluding hydrogens is 568 g/mol. The number of amides is 3. The zero-order chi connectivity index (χ0) is 33.3. The fourth-order valence-corrected chi connectivity index (χ4v) is 7.43. The van der Waals surface area contributed by atoms with Gasteiger partial charge in [0, 0.05) is 32.1 Å². The van der Waals surface area contributed by atoms with Gasteiger partial charge in [-0.25, -0.2) is 0 Å². The lowest BCUT2D eigenvalue weighted by Gasteiger charge is -2.47. The van der Waals surface area contributed by atoms with E-state index in [1.165, 1.54) is 4.90 Å². The van der Waals surface area contributed by atoms with E-state index < -0.39 is 54.1 Å². The number of nitrogens with one attached hydrogen (secondary N) is 1. The van der Waals surface area contributed by atoms with E-state index in [1.807, 2.05) is 46.7 Å². The van der Waals surface area contributed by atoms with Crippen molar-refractivity contribution >= 4 is 17.7 Å². The van der Waals surface area contributed by atoms with Gasteiger partial charge in [0.15, 0.2) is 6.29 Å². The Labute approximate surface area is 263 Å². The molecule has 0 radical (unpaired) electrons. The molecule has 3 rings (SSSR count). The Bertz CT molecular complexity index is 1010. The molecule has 3 saturated heterocycles. The third-order valence-corrected chi connectivity index (χ3v) is 9.88. The molecule has 0 aromatic rings. The lowest BCUT2D eigenvalue weighted by molar-refractivity contribution is -0.299. The van der Waals surface area contributed by atoms with Crippen LogP contribution in [0.2, 0.25) is 0 Å². The van der Waals surface area contributed by atoms with Crippen LogP contribution in [0.5, 0.6) is 0 Å². The predicted octanol–water partition coefficient (Wildman–Crippen LogP) is 0.812. The van der Waals surface area contributed by atoms with Gasteiger partial charge in [-0.05, 0) is 65.5 Å². The van der Waals surface area contributed by atoms with Crippen LogP contribution in [0.25, 0.3) is 0 Å². The standard InChI is InChI=1S/C32H58N4O8/c1-17(2)24-30(41)35(10)16-18(3)15-32(7,42)27(44-31-26(38)23(34(8)9)14-19(4)43-31)20(5)25(37)21(6)29(40)36-13-11-12-22(36)28(39)33-24/h17-27,31,37-38,42H,11-16H2,1-10H3,(H,33,39)/t18-,19-,20+,21-,22-,23+,24?,25+,26-,27-,31+,32-/m1/s1. The minimum absolute atomic E-state index is 0.188. The molecule has 3 fully saturated rings. The highest BCUT2D eigenvalue weighted by Gasteiger charge is 2.49. The molecule has 12 atom stereocenters. The molecule has 254 valence electrons. The number of aliphatic hydroxyl groups is 3. The van der Waals surface area contributed by atoms with Gasteiger partial charge in [0.05, 0.1) is 29.8 Å². The quantitative estimate of drug-likeness (QED) is 0.355. The second-order valence-electron chi connectivity index (χ2n) is 14.6. The number of aliphatic hydroxyl groups excluding tert-OH is 2. The van der Waals surface area contributed by atoms with E-state index in [4.69, 9.17) is 9.47 Å². The maximum Gasteiger partial charge on any atom is 0.245 e. The van der Waals surface area contributed by atoms with Gasteiger partial charge >= 0.3 is 0 Å². The molecule has 0 bridgehead atoms. The van der Waals surface area contributed by atoms with Gasteiger partial charge in [0.2, 0.25) is 17.7 Å². The largest absolute Gasteiger partial charge is 0.392 e. The zero-order valence-electron chi connectivity index (χ0n) is 28.4. The number of hydrogen-bond donors (Lipinski definition) is 4. The highest BCUT2D eigenvalue weighted by atomic mass is 16.7. The molecule has 3 heterocycles. The molecule has 0 saturated carbocycles.